The number of nitriles is 1. The highest BCUT2D eigenvalue weighted by Gasteiger charge is 2.38. The van der Waals surface area contributed by atoms with Crippen molar-refractivity contribution in [3.63, 3.8) is 0 Å². The first-order valence-corrected chi connectivity index (χ1v) is 5.24. The summed E-state index contributed by atoms with van der Waals surface area (Å²) in [5, 5.41) is 19.5. The lowest BCUT2D eigenvalue weighted by Crippen LogP contribution is -2.24. The molecule has 0 atom stereocenters. The maximum absolute atomic E-state index is 13.1. The number of halogens is 2. The van der Waals surface area contributed by atoms with Gasteiger partial charge >= 0.3 is 0 Å². The highest BCUT2D eigenvalue weighted by atomic mass is 19.3. The lowest BCUT2D eigenvalue weighted by molar-refractivity contribution is -0.384. The highest BCUT2D eigenvalue weighted by molar-refractivity contribution is 5.59. The van der Waals surface area contributed by atoms with E-state index in [2.05, 4.69) is 0 Å². The summed E-state index contributed by atoms with van der Waals surface area (Å²) < 4.78 is 26.2. The first-order valence-electron chi connectivity index (χ1n) is 5.24. The van der Waals surface area contributed by atoms with Gasteiger partial charge in [-0.1, -0.05) is 0 Å². The Morgan fingerprint density at radius 1 is 1.44 bits per heavy atom. The second kappa shape index (κ2) is 4.22. The van der Waals surface area contributed by atoms with E-state index in [1.165, 1.54) is 17.0 Å². The van der Waals surface area contributed by atoms with Crippen LogP contribution in [-0.4, -0.2) is 23.9 Å². The molecule has 1 heterocycles. The van der Waals surface area contributed by atoms with Gasteiger partial charge in [-0.15, -0.1) is 0 Å². The van der Waals surface area contributed by atoms with Gasteiger partial charge in [0, 0.05) is 30.8 Å². The van der Waals surface area contributed by atoms with Gasteiger partial charge in [0.1, 0.15) is 0 Å². The molecule has 1 aliphatic rings. The molecular formula is C11H9F2N3O2. The van der Waals surface area contributed by atoms with Crippen molar-refractivity contribution in [2.24, 2.45) is 0 Å². The zero-order valence-electron chi connectivity index (χ0n) is 9.27. The summed E-state index contributed by atoms with van der Waals surface area (Å²) in [7, 11) is 0. The van der Waals surface area contributed by atoms with Crippen molar-refractivity contribution in [1.29, 1.82) is 5.26 Å². The third-order valence-corrected chi connectivity index (χ3v) is 2.78. The number of non-ortho nitro benzene ring substituents is 1. The molecule has 94 valence electrons. The minimum Gasteiger partial charge on any atom is -0.365 e. The number of anilines is 1. The van der Waals surface area contributed by atoms with Crippen LogP contribution in [0.5, 0.6) is 0 Å². The summed E-state index contributed by atoms with van der Waals surface area (Å²) in [6.07, 6.45) is -0.280. The molecule has 18 heavy (non-hydrogen) atoms. The quantitative estimate of drug-likeness (QED) is 0.599. The van der Waals surface area contributed by atoms with E-state index in [1.54, 1.807) is 6.07 Å². The number of hydrogen-bond acceptors (Lipinski definition) is 4. The maximum atomic E-state index is 13.1. The average Bonchev–Trinajstić information content (AvgIpc) is 2.69. The van der Waals surface area contributed by atoms with E-state index >= 15 is 0 Å². The van der Waals surface area contributed by atoms with Gasteiger partial charge in [0.25, 0.3) is 11.6 Å². The first kappa shape index (κ1) is 12.2. The van der Waals surface area contributed by atoms with Crippen LogP contribution in [0.3, 0.4) is 0 Å². The van der Waals surface area contributed by atoms with Crippen LogP contribution in [0.4, 0.5) is 20.2 Å². The lowest BCUT2D eigenvalue weighted by Gasteiger charge is -2.18. The van der Waals surface area contributed by atoms with E-state index in [0.29, 0.717) is 0 Å². The number of nitro groups is 1. The van der Waals surface area contributed by atoms with Crippen molar-refractivity contribution in [1.82, 2.24) is 0 Å². The normalized spacial score (nSPS) is 17.5. The van der Waals surface area contributed by atoms with Crippen molar-refractivity contribution in [3.8, 4) is 6.07 Å². The van der Waals surface area contributed by atoms with Crippen LogP contribution in [0, 0.1) is 21.4 Å². The molecule has 5 nitrogen and oxygen atoms in total. The van der Waals surface area contributed by atoms with E-state index in [9.17, 15) is 18.9 Å². The molecule has 0 aliphatic carbocycles. The summed E-state index contributed by atoms with van der Waals surface area (Å²) in [4.78, 5) is 11.4. The van der Waals surface area contributed by atoms with Crippen molar-refractivity contribution < 1.29 is 13.7 Å². The van der Waals surface area contributed by atoms with Gasteiger partial charge < -0.3 is 4.90 Å². The zero-order chi connectivity index (χ0) is 13.3. The van der Waals surface area contributed by atoms with Gasteiger partial charge in [0.05, 0.1) is 23.1 Å². The third-order valence-electron chi connectivity index (χ3n) is 2.78. The summed E-state index contributed by atoms with van der Waals surface area (Å²) in [6.45, 7) is -0.349. The largest absolute Gasteiger partial charge is 0.365 e. The fourth-order valence-corrected chi connectivity index (χ4v) is 1.90. The van der Waals surface area contributed by atoms with Gasteiger partial charge in [0.2, 0.25) is 0 Å². The average molecular weight is 253 g/mol. The minimum absolute atomic E-state index is 0.0921. The van der Waals surface area contributed by atoms with Gasteiger partial charge in [-0.3, -0.25) is 10.1 Å². The molecule has 0 amide bonds. The SMILES string of the molecule is N#Cc1cc(N2CCC(F)(F)C2)cc([N+](=O)[O-])c1. The Balaban J connectivity index is 2.37. The second-order valence-corrected chi connectivity index (χ2v) is 4.13. The summed E-state index contributed by atoms with van der Waals surface area (Å²) in [5.74, 6) is -2.78. The molecule has 0 aromatic heterocycles. The fourth-order valence-electron chi connectivity index (χ4n) is 1.90. The Labute approximate surface area is 101 Å². The number of rotatable bonds is 2. The van der Waals surface area contributed by atoms with E-state index in [-0.39, 0.29) is 29.9 Å². The third kappa shape index (κ3) is 2.37. The van der Waals surface area contributed by atoms with Gasteiger partial charge in [-0.05, 0) is 6.07 Å². The predicted molar refractivity (Wildman–Crippen MR) is 59.6 cm³/mol. The Morgan fingerprint density at radius 2 is 2.17 bits per heavy atom. The molecule has 0 spiro atoms. The van der Waals surface area contributed by atoms with Crippen LogP contribution in [0.25, 0.3) is 0 Å². The molecule has 7 heteroatoms. The summed E-state index contributed by atoms with van der Waals surface area (Å²) in [5.41, 5.74) is 0.117. The Bertz CT molecular complexity index is 540. The smallest absolute Gasteiger partial charge is 0.272 e. The Morgan fingerprint density at radius 3 is 2.67 bits per heavy atom. The van der Waals surface area contributed by atoms with E-state index in [4.69, 9.17) is 5.26 Å². The number of alkyl halides is 2. The fraction of sp³-hybridized carbons (Fsp3) is 0.364. The first-order chi connectivity index (χ1) is 8.41. The molecule has 1 saturated heterocycles. The van der Waals surface area contributed by atoms with Gasteiger partial charge in [-0.2, -0.15) is 5.26 Å². The molecule has 1 aliphatic heterocycles. The molecule has 0 unspecified atom stereocenters. The highest BCUT2D eigenvalue weighted by Crippen LogP contribution is 2.32. The van der Waals surface area contributed by atoms with Crippen molar-refractivity contribution in [3.05, 3.63) is 33.9 Å². The molecule has 1 aromatic carbocycles. The number of nitro benzene ring substituents is 1. The van der Waals surface area contributed by atoms with Crippen molar-refractivity contribution in [2.45, 2.75) is 12.3 Å². The molecule has 0 radical (unpaired) electrons. The summed E-state index contributed by atoms with van der Waals surface area (Å²) >= 11 is 0. The van der Waals surface area contributed by atoms with Crippen LogP contribution in [0.1, 0.15) is 12.0 Å². The van der Waals surface area contributed by atoms with Crippen molar-refractivity contribution >= 4 is 11.4 Å². The van der Waals surface area contributed by atoms with E-state index < -0.39 is 17.4 Å². The number of hydrogen-bond donors (Lipinski definition) is 0. The maximum Gasteiger partial charge on any atom is 0.272 e. The van der Waals surface area contributed by atoms with Crippen LogP contribution >= 0.6 is 0 Å². The minimum atomic E-state index is -2.78. The Kier molecular flexibility index (Phi) is 2.87. The molecule has 0 N–H and O–H groups in total. The van der Waals surface area contributed by atoms with Crippen molar-refractivity contribution in [2.75, 3.05) is 18.0 Å². The Hall–Kier alpha value is -2.23. The molecule has 1 aromatic rings. The lowest BCUT2D eigenvalue weighted by atomic mass is 10.2. The topological polar surface area (TPSA) is 70.2 Å². The van der Waals surface area contributed by atoms with Gasteiger partial charge in [0.15, 0.2) is 0 Å². The van der Waals surface area contributed by atoms with Crippen LogP contribution in [0.2, 0.25) is 0 Å². The van der Waals surface area contributed by atoms with Crippen LogP contribution in [0.15, 0.2) is 18.2 Å². The summed E-state index contributed by atoms with van der Waals surface area (Å²) in [6, 6.07) is 5.50. The van der Waals surface area contributed by atoms with E-state index in [0.717, 1.165) is 6.07 Å². The van der Waals surface area contributed by atoms with E-state index in [1.807, 2.05) is 0 Å². The molecule has 2 rings (SSSR count). The zero-order valence-corrected chi connectivity index (χ0v) is 9.27. The number of nitrogens with zero attached hydrogens (tertiary/aromatic N) is 3. The standard InChI is InChI=1S/C11H9F2N3O2/c12-11(13)1-2-15(7-11)9-3-8(6-14)4-10(5-9)16(17)18/h3-5H,1-2,7H2. The monoisotopic (exact) mass is 253 g/mol. The second-order valence-electron chi connectivity index (χ2n) is 4.13. The molecule has 0 saturated carbocycles. The van der Waals surface area contributed by atoms with Gasteiger partial charge in [-0.25, -0.2) is 8.78 Å². The van der Waals surface area contributed by atoms with Crippen LogP contribution < -0.4 is 4.90 Å². The number of benzene rings is 1. The molecular weight excluding hydrogens is 244 g/mol. The predicted octanol–water partition coefficient (Wildman–Crippen LogP) is 2.31. The molecule has 0 bridgehead atoms. The molecule has 1 fully saturated rings. The van der Waals surface area contributed by atoms with Crippen LogP contribution in [-0.2, 0) is 0 Å².